The van der Waals surface area contributed by atoms with Crippen LogP contribution in [0.1, 0.15) is 25.8 Å². The van der Waals surface area contributed by atoms with Crippen molar-refractivity contribution in [3.63, 3.8) is 0 Å². The minimum atomic E-state index is 0.543. The Morgan fingerprint density at radius 1 is 1.32 bits per heavy atom. The molecule has 1 saturated heterocycles. The molecule has 1 aromatic rings. The monoisotopic (exact) mass is 305 g/mol. The molecule has 0 bridgehead atoms. The van der Waals surface area contributed by atoms with Crippen molar-refractivity contribution in [3.8, 4) is 5.75 Å². The maximum Gasteiger partial charge on any atom is 0.191 e. The number of guanidine groups is 1. The Morgan fingerprint density at radius 2 is 2.05 bits per heavy atom. The number of aliphatic imine (C=N–C) groups is 1. The zero-order valence-corrected chi connectivity index (χ0v) is 13.6. The van der Waals surface area contributed by atoms with E-state index in [1.165, 1.54) is 0 Å². The van der Waals surface area contributed by atoms with E-state index < -0.39 is 0 Å². The van der Waals surface area contributed by atoms with Gasteiger partial charge in [-0.3, -0.25) is 0 Å². The summed E-state index contributed by atoms with van der Waals surface area (Å²) in [6.07, 6.45) is 1.05. The Kier molecular flexibility index (Phi) is 6.52. The molecule has 0 radical (unpaired) electrons. The van der Waals surface area contributed by atoms with E-state index in [1.807, 2.05) is 24.3 Å². The fourth-order valence-corrected chi connectivity index (χ4v) is 2.24. The van der Waals surface area contributed by atoms with E-state index in [0.29, 0.717) is 31.6 Å². The van der Waals surface area contributed by atoms with Gasteiger partial charge in [-0.15, -0.1) is 0 Å². The number of para-hydroxylation sites is 1. The Morgan fingerprint density at radius 3 is 2.77 bits per heavy atom. The Bertz CT molecular complexity index is 483. The summed E-state index contributed by atoms with van der Waals surface area (Å²) in [7, 11) is 0. The first kappa shape index (κ1) is 16.6. The first-order valence-corrected chi connectivity index (χ1v) is 8.00. The van der Waals surface area contributed by atoms with Crippen molar-refractivity contribution in [2.45, 2.75) is 26.8 Å². The van der Waals surface area contributed by atoms with Crippen LogP contribution in [0.3, 0.4) is 0 Å². The Balaban J connectivity index is 1.93. The smallest absolute Gasteiger partial charge is 0.191 e. The molecule has 2 N–H and O–H groups in total. The van der Waals surface area contributed by atoms with Crippen LogP contribution in [0.15, 0.2) is 29.3 Å². The standard InChI is InChI=1S/C17H27N3O2/c1-14(2)7-10-22-16-6-4-3-5-15(16)13-19-17(18)20-8-11-21-12-9-20/h3-6,14H,7-13H2,1-2H3,(H2,18,19). The highest BCUT2D eigenvalue weighted by Gasteiger charge is 2.12. The lowest BCUT2D eigenvalue weighted by Crippen LogP contribution is -2.44. The highest BCUT2D eigenvalue weighted by atomic mass is 16.5. The van der Waals surface area contributed by atoms with Gasteiger partial charge in [0.25, 0.3) is 0 Å². The van der Waals surface area contributed by atoms with E-state index in [2.05, 4.69) is 23.7 Å². The number of hydrogen-bond acceptors (Lipinski definition) is 3. The number of rotatable bonds is 6. The van der Waals surface area contributed by atoms with Crippen LogP contribution in [0.5, 0.6) is 5.75 Å². The molecule has 0 aromatic heterocycles. The van der Waals surface area contributed by atoms with E-state index in [-0.39, 0.29) is 0 Å². The molecule has 1 aliphatic rings. The minimum absolute atomic E-state index is 0.543. The van der Waals surface area contributed by atoms with Crippen LogP contribution in [0.2, 0.25) is 0 Å². The summed E-state index contributed by atoms with van der Waals surface area (Å²) in [4.78, 5) is 6.57. The molecule has 122 valence electrons. The van der Waals surface area contributed by atoms with E-state index in [9.17, 15) is 0 Å². The predicted molar refractivity (Wildman–Crippen MR) is 89.1 cm³/mol. The molecule has 0 unspecified atom stereocenters. The average Bonchev–Trinajstić information content (AvgIpc) is 2.54. The molecule has 1 fully saturated rings. The maximum absolute atomic E-state index is 6.07. The molecule has 5 heteroatoms. The summed E-state index contributed by atoms with van der Waals surface area (Å²) < 4.78 is 11.2. The first-order valence-electron chi connectivity index (χ1n) is 8.00. The van der Waals surface area contributed by atoms with Crippen molar-refractivity contribution in [1.82, 2.24) is 4.90 Å². The molecular weight excluding hydrogens is 278 g/mol. The third kappa shape index (κ3) is 5.22. The van der Waals surface area contributed by atoms with Gasteiger partial charge in [0.05, 0.1) is 26.4 Å². The molecule has 0 amide bonds. The van der Waals surface area contributed by atoms with Gasteiger partial charge in [-0.05, 0) is 18.4 Å². The first-order chi connectivity index (χ1) is 10.7. The van der Waals surface area contributed by atoms with Gasteiger partial charge in [0.1, 0.15) is 5.75 Å². The molecule has 0 saturated carbocycles. The molecule has 2 rings (SSSR count). The zero-order valence-electron chi connectivity index (χ0n) is 13.6. The van der Waals surface area contributed by atoms with Crippen LogP contribution in [0, 0.1) is 5.92 Å². The number of nitrogens with zero attached hydrogens (tertiary/aromatic N) is 2. The summed E-state index contributed by atoms with van der Waals surface area (Å²) >= 11 is 0. The maximum atomic E-state index is 6.07. The Hall–Kier alpha value is -1.75. The number of ether oxygens (including phenoxy) is 2. The molecule has 22 heavy (non-hydrogen) atoms. The SMILES string of the molecule is CC(C)CCOc1ccccc1CN=C(N)N1CCOCC1. The summed E-state index contributed by atoms with van der Waals surface area (Å²) in [5.74, 6) is 2.13. The molecule has 1 aromatic carbocycles. The van der Waals surface area contributed by atoms with E-state index in [1.54, 1.807) is 0 Å². The fourth-order valence-electron chi connectivity index (χ4n) is 2.24. The summed E-state index contributed by atoms with van der Waals surface area (Å²) in [5, 5.41) is 0. The van der Waals surface area contributed by atoms with Crippen LogP contribution in [-0.2, 0) is 11.3 Å². The predicted octanol–water partition coefficient (Wildman–Crippen LogP) is 2.26. The van der Waals surface area contributed by atoms with Gasteiger partial charge in [-0.2, -0.15) is 0 Å². The number of morpholine rings is 1. The molecule has 5 nitrogen and oxygen atoms in total. The Labute approximate surface area is 133 Å². The highest BCUT2D eigenvalue weighted by molar-refractivity contribution is 5.78. The lowest BCUT2D eigenvalue weighted by Gasteiger charge is -2.27. The van der Waals surface area contributed by atoms with Gasteiger partial charge in [0, 0.05) is 18.7 Å². The molecule has 0 spiro atoms. The van der Waals surface area contributed by atoms with Crippen molar-refractivity contribution in [2.75, 3.05) is 32.9 Å². The van der Waals surface area contributed by atoms with Gasteiger partial charge in [-0.25, -0.2) is 4.99 Å². The molecule has 0 aliphatic carbocycles. The van der Waals surface area contributed by atoms with Gasteiger partial charge in [-0.1, -0.05) is 32.0 Å². The van der Waals surface area contributed by atoms with E-state index in [4.69, 9.17) is 15.2 Å². The summed E-state index contributed by atoms with van der Waals surface area (Å²) in [6, 6.07) is 8.03. The third-order valence-corrected chi connectivity index (χ3v) is 3.67. The van der Waals surface area contributed by atoms with Gasteiger partial charge in [0.2, 0.25) is 0 Å². The quantitative estimate of drug-likeness (QED) is 0.647. The van der Waals surface area contributed by atoms with E-state index in [0.717, 1.165) is 37.4 Å². The number of hydrogen-bond donors (Lipinski definition) is 1. The third-order valence-electron chi connectivity index (χ3n) is 3.67. The van der Waals surface area contributed by atoms with Crippen LogP contribution < -0.4 is 10.5 Å². The summed E-state index contributed by atoms with van der Waals surface area (Å²) in [6.45, 7) is 8.71. The van der Waals surface area contributed by atoms with Crippen LogP contribution >= 0.6 is 0 Å². The zero-order chi connectivity index (χ0) is 15.8. The normalized spacial score (nSPS) is 16.1. The van der Waals surface area contributed by atoms with Gasteiger partial charge >= 0.3 is 0 Å². The topological polar surface area (TPSA) is 60.1 Å². The summed E-state index contributed by atoms with van der Waals surface area (Å²) in [5.41, 5.74) is 7.14. The molecular formula is C17H27N3O2. The van der Waals surface area contributed by atoms with Crippen molar-refractivity contribution < 1.29 is 9.47 Å². The molecule has 1 heterocycles. The number of nitrogens with two attached hydrogens (primary N) is 1. The second-order valence-corrected chi connectivity index (χ2v) is 5.91. The number of benzene rings is 1. The molecule has 1 aliphatic heterocycles. The largest absolute Gasteiger partial charge is 0.493 e. The minimum Gasteiger partial charge on any atom is -0.493 e. The van der Waals surface area contributed by atoms with Crippen molar-refractivity contribution in [2.24, 2.45) is 16.6 Å². The highest BCUT2D eigenvalue weighted by Crippen LogP contribution is 2.19. The fraction of sp³-hybridized carbons (Fsp3) is 0.588. The average molecular weight is 305 g/mol. The van der Waals surface area contributed by atoms with Crippen LogP contribution in [0.4, 0.5) is 0 Å². The molecule has 0 atom stereocenters. The lowest BCUT2D eigenvalue weighted by molar-refractivity contribution is 0.0674. The van der Waals surface area contributed by atoms with E-state index >= 15 is 0 Å². The van der Waals surface area contributed by atoms with Crippen molar-refractivity contribution >= 4 is 5.96 Å². The lowest BCUT2D eigenvalue weighted by atomic mass is 10.1. The van der Waals surface area contributed by atoms with Gasteiger partial charge < -0.3 is 20.1 Å². The van der Waals surface area contributed by atoms with Crippen LogP contribution in [0.25, 0.3) is 0 Å². The second kappa shape index (κ2) is 8.63. The van der Waals surface area contributed by atoms with Gasteiger partial charge in [0.15, 0.2) is 5.96 Å². The van der Waals surface area contributed by atoms with Crippen LogP contribution in [-0.4, -0.2) is 43.8 Å². The van der Waals surface area contributed by atoms with Crippen molar-refractivity contribution in [1.29, 1.82) is 0 Å². The second-order valence-electron chi connectivity index (χ2n) is 5.91. The van der Waals surface area contributed by atoms with Crippen molar-refractivity contribution in [3.05, 3.63) is 29.8 Å².